The number of aromatic nitrogens is 2. The molecule has 28 heavy (non-hydrogen) atoms. The number of hydrogen-bond acceptors (Lipinski definition) is 4. The van der Waals surface area contributed by atoms with Gasteiger partial charge < -0.3 is 14.8 Å². The van der Waals surface area contributed by atoms with E-state index in [9.17, 15) is 4.79 Å². The van der Waals surface area contributed by atoms with Crippen LogP contribution in [0.1, 0.15) is 23.5 Å². The average Bonchev–Trinajstić information content (AvgIpc) is 3.16. The Kier molecular flexibility index (Phi) is 4.85. The van der Waals surface area contributed by atoms with Crippen LogP contribution in [0.5, 0.6) is 11.5 Å². The number of fused-ring (bicyclic) bond motifs is 1. The molecule has 0 fully saturated rings. The molecule has 6 heteroatoms. The number of amides is 1. The normalized spacial score (nSPS) is 15.5. The van der Waals surface area contributed by atoms with Crippen LogP contribution in [-0.4, -0.2) is 29.8 Å². The number of hydrogen-bond donors (Lipinski definition) is 2. The van der Waals surface area contributed by atoms with Gasteiger partial charge in [-0.25, -0.2) is 0 Å². The summed E-state index contributed by atoms with van der Waals surface area (Å²) in [6.07, 6.45) is 2.02. The topological polar surface area (TPSA) is 76.2 Å². The fraction of sp³-hybridized carbons (Fsp3) is 0.182. The van der Waals surface area contributed by atoms with E-state index in [1.54, 1.807) is 13.2 Å². The van der Waals surface area contributed by atoms with Gasteiger partial charge in [-0.3, -0.25) is 9.89 Å². The number of H-pyrrole nitrogens is 1. The average molecular weight is 375 g/mol. The van der Waals surface area contributed by atoms with Gasteiger partial charge in [-0.15, -0.1) is 0 Å². The smallest absolute Gasteiger partial charge is 0.226 e. The van der Waals surface area contributed by atoms with Gasteiger partial charge in [-0.1, -0.05) is 49.1 Å². The van der Waals surface area contributed by atoms with Gasteiger partial charge in [0.1, 0.15) is 6.61 Å². The number of nitrogens with one attached hydrogen (secondary N) is 2. The Morgan fingerprint density at radius 2 is 2.04 bits per heavy atom. The highest BCUT2D eigenvalue weighted by molar-refractivity contribution is 5.96. The summed E-state index contributed by atoms with van der Waals surface area (Å²) in [5.74, 6) is 1.64. The molecule has 0 spiro atoms. The summed E-state index contributed by atoms with van der Waals surface area (Å²) in [5, 5.41) is 10.3. The zero-order chi connectivity index (χ0) is 19.5. The third-order valence-electron chi connectivity index (χ3n) is 4.81. The summed E-state index contributed by atoms with van der Waals surface area (Å²) in [6.45, 7) is 4.06. The first-order valence-corrected chi connectivity index (χ1v) is 9.06. The second-order valence-electron chi connectivity index (χ2n) is 6.54. The Balaban J connectivity index is 1.79. The largest absolute Gasteiger partial charge is 0.493 e. The summed E-state index contributed by atoms with van der Waals surface area (Å²) in [7, 11) is 1.60. The second kappa shape index (κ2) is 7.60. The van der Waals surface area contributed by atoms with Gasteiger partial charge in [0.05, 0.1) is 12.8 Å². The molecule has 4 rings (SSSR count). The number of anilines is 1. The predicted molar refractivity (Wildman–Crippen MR) is 108 cm³/mol. The molecule has 1 aromatic heterocycles. The first-order valence-electron chi connectivity index (χ1n) is 9.06. The van der Waals surface area contributed by atoms with Crippen LogP contribution in [0, 0.1) is 0 Å². The Morgan fingerprint density at radius 3 is 2.79 bits per heavy atom. The Hall–Kier alpha value is -3.54. The summed E-state index contributed by atoms with van der Waals surface area (Å²) < 4.78 is 11.1. The number of carbonyl (C=O) groups excluding carboxylic acids is 1. The molecule has 3 aromatic rings. The maximum Gasteiger partial charge on any atom is 0.226 e. The molecule has 0 saturated heterocycles. The summed E-state index contributed by atoms with van der Waals surface area (Å²) in [4.78, 5) is 12.3. The molecule has 6 nitrogen and oxygen atoms in total. The molecule has 0 aliphatic carbocycles. The van der Waals surface area contributed by atoms with E-state index in [2.05, 4.69) is 22.1 Å². The Bertz CT molecular complexity index is 1010. The van der Waals surface area contributed by atoms with E-state index >= 15 is 0 Å². The van der Waals surface area contributed by atoms with E-state index in [1.807, 2.05) is 48.5 Å². The zero-order valence-electron chi connectivity index (χ0n) is 15.6. The molecular formula is C22H21N3O3. The molecule has 2 aromatic carbocycles. The van der Waals surface area contributed by atoms with Gasteiger partial charge in [0, 0.05) is 17.9 Å². The highest BCUT2D eigenvalue weighted by atomic mass is 16.5. The summed E-state index contributed by atoms with van der Waals surface area (Å²) in [5.41, 5.74) is 3.88. The fourth-order valence-corrected chi connectivity index (χ4v) is 3.53. The molecule has 0 saturated carbocycles. The number of ether oxygens (including phenoxy) is 2. The molecule has 2 N–H and O–H groups in total. The Morgan fingerprint density at radius 1 is 1.21 bits per heavy atom. The molecule has 2 heterocycles. The molecule has 1 atom stereocenters. The van der Waals surface area contributed by atoms with E-state index in [0.29, 0.717) is 30.3 Å². The van der Waals surface area contributed by atoms with Gasteiger partial charge in [0.2, 0.25) is 5.91 Å². The van der Waals surface area contributed by atoms with Crippen LogP contribution in [0.25, 0.3) is 11.3 Å². The standard InChI is InChI=1S/C22H21N3O3/c1-3-11-28-17-10-9-15(12-18(17)27-2)16-13-19(26)23-22-20(16)21(24-25-22)14-7-5-4-6-8-14/h3-10,12,16H,1,11,13H2,2H3,(H2,23,24,25,26)/t16-/m0/s1. The van der Waals surface area contributed by atoms with Gasteiger partial charge in [-0.2, -0.15) is 5.10 Å². The zero-order valence-corrected chi connectivity index (χ0v) is 15.6. The van der Waals surface area contributed by atoms with E-state index in [-0.39, 0.29) is 11.8 Å². The van der Waals surface area contributed by atoms with Crippen molar-refractivity contribution in [3.63, 3.8) is 0 Å². The van der Waals surface area contributed by atoms with E-state index in [0.717, 1.165) is 22.4 Å². The molecule has 142 valence electrons. The number of rotatable bonds is 6. The minimum Gasteiger partial charge on any atom is -0.493 e. The van der Waals surface area contributed by atoms with Crippen molar-refractivity contribution in [2.24, 2.45) is 0 Å². The van der Waals surface area contributed by atoms with Crippen LogP contribution in [0.4, 0.5) is 5.82 Å². The van der Waals surface area contributed by atoms with Crippen LogP contribution in [0.15, 0.2) is 61.2 Å². The highest BCUT2D eigenvalue weighted by Gasteiger charge is 2.32. The lowest BCUT2D eigenvalue weighted by Gasteiger charge is -2.24. The minimum absolute atomic E-state index is 0.0606. The number of nitrogens with zero attached hydrogens (tertiary/aromatic N) is 1. The van der Waals surface area contributed by atoms with Crippen LogP contribution < -0.4 is 14.8 Å². The van der Waals surface area contributed by atoms with Crippen molar-refractivity contribution in [2.45, 2.75) is 12.3 Å². The minimum atomic E-state index is -0.139. The molecule has 0 bridgehead atoms. The lowest BCUT2D eigenvalue weighted by Crippen LogP contribution is -2.23. The second-order valence-corrected chi connectivity index (χ2v) is 6.54. The number of carbonyl (C=O) groups is 1. The van der Waals surface area contributed by atoms with Crippen LogP contribution in [0.2, 0.25) is 0 Å². The van der Waals surface area contributed by atoms with Gasteiger partial charge in [-0.05, 0) is 23.3 Å². The van der Waals surface area contributed by atoms with Crippen molar-refractivity contribution in [1.29, 1.82) is 0 Å². The molecular weight excluding hydrogens is 354 g/mol. The molecule has 1 aliphatic rings. The van der Waals surface area contributed by atoms with Gasteiger partial charge >= 0.3 is 0 Å². The van der Waals surface area contributed by atoms with Gasteiger partial charge in [0.25, 0.3) is 0 Å². The van der Waals surface area contributed by atoms with Crippen molar-refractivity contribution < 1.29 is 14.3 Å². The highest BCUT2D eigenvalue weighted by Crippen LogP contribution is 2.43. The maximum absolute atomic E-state index is 12.3. The lowest BCUT2D eigenvalue weighted by atomic mass is 9.84. The van der Waals surface area contributed by atoms with Gasteiger partial charge in [0.15, 0.2) is 17.3 Å². The molecule has 1 aliphatic heterocycles. The van der Waals surface area contributed by atoms with Crippen molar-refractivity contribution in [1.82, 2.24) is 10.2 Å². The Labute approximate surface area is 163 Å². The SMILES string of the molecule is C=CCOc1ccc([C@@H]2CC(=O)Nc3n[nH]c(-c4ccccc4)c32)cc1OC. The third-order valence-corrected chi connectivity index (χ3v) is 4.81. The quantitative estimate of drug-likeness (QED) is 0.636. The first kappa shape index (κ1) is 17.9. The van der Waals surface area contributed by atoms with Crippen molar-refractivity contribution in [3.8, 4) is 22.8 Å². The van der Waals surface area contributed by atoms with E-state index in [4.69, 9.17) is 9.47 Å². The third kappa shape index (κ3) is 3.24. The van der Waals surface area contributed by atoms with Crippen molar-refractivity contribution in [3.05, 3.63) is 72.3 Å². The van der Waals surface area contributed by atoms with Crippen LogP contribution in [0.3, 0.4) is 0 Å². The monoisotopic (exact) mass is 375 g/mol. The van der Waals surface area contributed by atoms with E-state index < -0.39 is 0 Å². The first-order chi connectivity index (χ1) is 13.7. The maximum atomic E-state index is 12.3. The molecule has 0 radical (unpaired) electrons. The van der Waals surface area contributed by atoms with E-state index in [1.165, 1.54) is 0 Å². The summed E-state index contributed by atoms with van der Waals surface area (Å²) in [6, 6.07) is 15.7. The lowest BCUT2D eigenvalue weighted by molar-refractivity contribution is -0.116. The van der Waals surface area contributed by atoms with Crippen molar-refractivity contribution >= 4 is 11.7 Å². The molecule has 0 unspecified atom stereocenters. The number of methoxy groups -OCH3 is 1. The predicted octanol–water partition coefficient (Wildman–Crippen LogP) is 4.12. The number of benzene rings is 2. The number of aromatic amines is 1. The fourth-order valence-electron chi connectivity index (χ4n) is 3.53. The van der Waals surface area contributed by atoms with Crippen LogP contribution >= 0.6 is 0 Å². The molecule has 1 amide bonds. The van der Waals surface area contributed by atoms with Crippen molar-refractivity contribution in [2.75, 3.05) is 19.0 Å². The summed E-state index contributed by atoms with van der Waals surface area (Å²) >= 11 is 0. The van der Waals surface area contributed by atoms with Crippen LogP contribution in [-0.2, 0) is 4.79 Å².